The van der Waals surface area contributed by atoms with E-state index in [1.807, 2.05) is 20.8 Å². The minimum atomic E-state index is -0.484. The first-order chi connectivity index (χ1) is 12.3. The van der Waals surface area contributed by atoms with Gasteiger partial charge in [0, 0.05) is 20.1 Å². The molecule has 0 radical (unpaired) electrons. The van der Waals surface area contributed by atoms with E-state index in [1.54, 1.807) is 11.9 Å². The zero-order valence-corrected chi connectivity index (χ0v) is 15.8. The number of amides is 1. The molecular weight excluding hydrogens is 338 g/mol. The highest BCUT2D eigenvalue weighted by atomic mass is 16.6. The molecule has 144 valence electrons. The summed E-state index contributed by atoms with van der Waals surface area (Å²) in [5.41, 5.74) is 0.104. The lowest BCUT2D eigenvalue weighted by molar-refractivity contribution is -0.0190. The molecule has 0 aromatic carbocycles. The molecule has 1 aliphatic heterocycles. The molecule has 0 aliphatic carbocycles. The number of carbonyl (C=O) groups excluding carboxylic acids is 1. The molecule has 0 unspecified atom stereocenters. The van der Waals surface area contributed by atoms with Gasteiger partial charge in [0.05, 0.1) is 12.3 Å². The average molecular weight is 365 g/mol. The second kappa shape index (κ2) is 8.79. The van der Waals surface area contributed by atoms with E-state index in [0.717, 1.165) is 12.8 Å². The minimum Gasteiger partial charge on any atom is -0.444 e. The van der Waals surface area contributed by atoms with E-state index in [-0.39, 0.29) is 18.8 Å². The lowest BCUT2D eigenvalue weighted by Crippen LogP contribution is -2.43. The normalized spacial score (nSPS) is 16.5. The number of nitrogens with one attached hydrogen (secondary N) is 1. The van der Waals surface area contributed by atoms with E-state index < -0.39 is 5.60 Å². The van der Waals surface area contributed by atoms with Gasteiger partial charge in [0.25, 0.3) is 5.89 Å². The SMILES string of the molecule is C=N/C=C(\NC)c1nc(COC2CCN(C(=O)OC(C)(C)C)CC2)no1. The van der Waals surface area contributed by atoms with Crippen molar-refractivity contribution in [2.75, 3.05) is 20.1 Å². The van der Waals surface area contributed by atoms with E-state index >= 15 is 0 Å². The smallest absolute Gasteiger partial charge is 0.410 e. The van der Waals surface area contributed by atoms with Crippen LogP contribution < -0.4 is 5.32 Å². The highest BCUT2D eigenvalue weighted by molar-refractivity contribution is 5.68. The number of rotatable bonds is 6. The van der Waals surface area contributed by atoms with Gasteiger partial charge in [-0.1, -0.05) is 5.16 Å². The molecule has 0 saturated carbocycles. The summed E-state index contributed by atoms with van der Waals surface area (Å²) in [5, 5.41) is 6.81. The van der Waals surface area contributed by atoms with Crippen LogP contribution in [0.3, 0.4) is 0 Å². The first-order valence-corrected chi connectivity index (χ1v) is 8.58. The van der Waals surface area contributed by atoms with Gasteiger partial charge in [-0.3, -0.25) is 4.99 Å². The fraction of sp³-hybridized carbons (Fsp3) is 0.647. The van der Waals surface area contributed by atoms with Crippen LogP contribution in [0, 0.1) is 0 Å². The van der Waals surface area contributed by atoms with Crippen molar-refractivity contribution in [2.45, 2.75) is 51.9 Å². The quantitative estimate of drug-likeness (QED) is 0.771. The largest absolute Gasteiger partial charge is 0.444 e. The summed E-state index contributed by atoms with van der Waals surface area (Å²) in [5.74, 6) is 0.790. The summed E-state index contributed by atoms with van der Waals surface area (Å²) in [6.45, 7) is 10.4. The van der Waals surface area contributed by atoms with Gasteiger partial charge in [-0.05, 0) is 40.3 Å². The number of hydrogen-bond acceptors (Lipinski definition) is 8. The molecule has 9 heteroatoms. The maximum absolute atomic E-state index is 12.1. The van der Waals surface area contributed by atoms with E-state index in [4.69, 9.17) is 14.0 Å². The van der Waals surface area contributed by atoms with Crippen molar-refractivity contribution >= 4 is 18.5 Å². The van der Waals surface area contributed by atoms with Crippen molar-refractivity contribution in [3.05, 3.63) is 17.9 Å². The molecule has 1 N–H and O–H groups in total. The summed E-state index contributed by atoms with van der Waals surface area (Å²) >= 11 is 0. The highest BCUT2D eigenvalue weighted by Gasteiger charge is 2.27. The van der Waals surface area contributed by atoms with Crippen molar-refractivity contribution in [2.24, 2.45) is 4.99 Å². The maximum Gasteiger partial charge on any atom is 0.410 e. The number of piperidine rings is 1. The Morgan fingerprint density at radius 1 is 1.46 bits per heavy atom. The molecule has 1 aliphatic rings. The summed E-state index contributed by atoms with van der Waals surface area (Å²) in [7, 11) is 1.73. The first kappa shape index (κ1) is 19.9. The second-order valence-corrected chi connectivity index (χ2v) is 6.97. The van der Waals surface area contributed by atoms with Crippen LogP contribution >= 0.6 is 0 Å². The Kier molecular flexibility index (Phi) is 6.73. The third-order valence-electron chi connectivity index (χ3n) is 3.73. The molecular formula is C17H27N5O4. The Hall–Kier alpha value is -2.42. The fourth-order valence-electron chi connectivity index (χ4n) is 2.46. The van der Waals surface area contributed by atoms with Crippen molar-refractivity contribution in [1.82, 2.24) is 20.4 Å². The summed E-state index contributed by atoms with van der Waals surface area (Å²) in [6, 6.07) is 0. The van der Waals surface area contributed by atoms with Crippen molar-refractivity contribution in [3.63, 3.8) is 0 Å². The average Bonchev–Trinajstić information content (AvgIpc) is 3.05. The molecule has 1 saturated heterocycles. The van der Waals surface area contributed by atoms with Crippen LogP contribution in [-0.2, 0) is 16.1 Å². The van der Waals surface area contributed by atoms with Crippen LogP contribution in [0.4, 0.5) is 4.79 Å². The van der Waals surface area contributed by atoms with E-state index in [9.17, 15) is 4.79 Å². The van der Waals surface area contributed by atoms with E-state index in [1.165, 1.54) is 6.20 Å². The van der Waals surface area contributed by atoms with Crippen LogP contribution in [0.1, 0.15) is 45.3 Å². The van der Waals surface area contributed by atoms with Crippen molar-refractivity contribution < 1.29 is 18.8 Å². The Bertz CT molecular complexity index is 642. The van der Waals surface area contributed by atoms with Crippen molar-refractivity contribution in [1.29, 1.82) is 0 Å². The lowest BCUT2D eigenvalue weighted by Gasteiger charge is -2.33. The summed E-state index contributed by atoms with van der Waals surface area (Å²) in [4.78, 5) is 21.7. The fourth-order valence-corrected chi connectivity index (χ4v) is 2.46. The topological polar surface area (TPSA) is 102 Å². The van der Waals surface area contributed by atoms with Gasteiger partial charge in [0.15, 0.2) is 5.82 Å². The predicted octanol–water partition coefficient (Wildman–Crippen LogP) is 2.20. The molecule has 0 bridgehead atoms. The number of aromatic nitrogens is 2. The molecule has 2 rings (SSSR count). The van der Waals surface area contributed by atoms with Gasteiger partial charge in [-0.15, -0.1) is 0 Å². The van der Waals surface area contributed by atoms with Crippen LogP contribution in [0.15, 0.2) is 15.7 Å². The number of carbonyl (C=O) groups is 1. The van der Waals surface area contributed by atoms with Gasteiger partial charge in [-0.25, -0.2) is 4.79 Å². The van der Waals surface area contributed by atoms with Gasteiger partial charge < -0.3 is 24.2 Å². The van der Waals surface area contributed by atoms with Crippen molar-refractivity contribution in [3.8, 4) is 0 Å². The maximum atomic E-state index is 12.1. The standard InChI is InChI=1S/C17H27N5O4/c1-17(2,3)25-16(23)22-8-6-12(7-9-22)24-11-14-20-15(26-21-14)13(19-5)10-18-4/h10,12,19H,4,6-9,11H2,1-3,5H3/b13-10-. The highest BCUT2D eigenvalue weighted by Crippen LogP contribution is 2.18. The summed E-state index contributed by atoms with van der Waals surface area (Å²) in [6.07, 6.45) is 2.76. The molecule has 1 aromatic heterocycles. The van der Waals surface area contributed by atoms with Gasteiger partial charge in [0.1, 0.15) is 17.9 Å². The zero-order chi connectivity index (χ0) is 19.2. The van der Waals surface area contributed by atoms with Crippen LogP contribution in [0.2, 0.25) is 0 Å². The number of hydrogen-bond donors (Lipinski definition) is 1. The Morgan fingerprint density at radius 3 is 2.73 bits per heavy atom. The third-order valence-corrected chi connectivity index (χ3v) is 3.73. The molecule has 1 amide bonds. The first-order valence-electron chi connectivity index (χ1n) is 8.58. The zero-order valence-electron chi connectivity index (χ0n) is 15.8. The van der Waals surface area contributed by atoms with Crippen LogP contribution in [-0.4, -0.2) is 59.7 Å². The Balaban J connectivity index is 1.78. The second-order valence-electron chi connectivity index (χ2n) is 6.97. The number of aliphatic imine (C=N–C) groups is 1. The molecule has 1 aromatic rings. The Morgan fingerprint density at radius 2 is 2.15 bits per heavy atom. The molecule has 1 fully saturated rings. The van der Waals surface area contributed by atoms with Gasteiger partial charge in [-0.2, -0.15) is 4.98 Å². The lowest BCUT2D eigenvalue weighted by atomic mass is 10.1. The molecule has 2 heterocycles. The molecule has 0 spiro atoms. The van der Waals surface area contributed by atoms with Gasteiger partial charge in [0.2, 0.25) is 0 Å². The minimum absolute atomic E-state index is 0.0461. The summed E-state index contributed by atoms with van der Waals surface area (Å²) < 4.78 is 16.4. The molecule has 9 nitrogen and oxygen atoms in total. The monoisotopic (exact) mass is 365 g/mol. The Labute approximate surface area is 153 Å². The van der Waals surface area contributed by atoms with E-state index in [0.29, 0.717) is 30.5 Å². The van der Waals surface area contributed by atoms with Crippen LogP contribution in [0.5, 0.6) is 0 Å². The number of nitrogens with zero attached hydrogens (tertiary/aromatic N) is 4. The van der Waals surface area contributed by atoms with Gasteiger partial charge >= 0.3 is 6.09 Å². The predicted molar refractivity (Wildman–Crippen MR) is 96.5 cm³/mol. The molecule has 26 heavy (non-hydrogen) atoms. The number of ether oxygens (including phenoxy) is 2. The van der Waals surface area contributed by atoms with Crippen LogP contribution in [0.25, 0.3) is 5.70 Å². The van der Waals surface area contributed by atoms with E-state index in [2.05, 4.69) is 27.2 Å². The third kappa shape index (κ3) is 5.83. The number of likely N-dealkylation sites (tertiary alicyclic amines) is 1. The molecule has 0 atom stereocenters.